The van der Waals surface area contributed by atoms with E-state index in [1.54, 1.807) is 26.3 Å². The van der Waals surface area contributed by atoms with Crippen LogP contribution in [0.2, 0.25) is 0 Å². The van der Waals surface area contributed by atoms with Gasteiger partial charge in [-0.25, -0.2) is 4.98 Å². The number of methoxy groups -OCH3 is 1. The fourth-order valence-electron chi connectivity index (χ4n) is 3.69. The van der Waals surface area contributed by atoms with E-state index in [4.69, 9.17) is 4.74 Å². The largest absolute Gasteiger partial charge is 0.495 e. The molecule has 1 unspecified atom stereocenters. The normalized spacial score (nSPS) is 23.1. The molecule has 1 amide bonds. The van der Waals surface area contributed by atoms with Crippen LogP contribution in [0.1, 0.15) is 37.3 Å². The summed E-state index contributed by atoms with van der Waals surface area (Å²) in [5, 5.41) is 17.6. The maximum atomic E-state index is 11.6. The van der Waals surface area contributed by atoms with Crippen molar-refractivity contribution in [1.29, 1.82) is 5.26 Å². The number of rotatable bonds is 3. The molecular formula is C20H18N4O2. The Hall–Kier alpha value is -3.25. The molecule has 1 aromatic carbocycles. The lowest BCUT2D eigenvalue weighted by Gasteiger charge is -2.14. The van der Waals surface area contributed by atoms with E-state index in [-0.39, 0.29) is 17.5 Å². The number of ether oxygens (including phenoxy) is 1. The zero-order valence-electron chi connectivity index (χ0n) is 14.6. The maximum absolute atomic E-state index is 11.6. The van der Waals surface area contributed by atoms with E-state index < -0.39 is 0 Å². The Bertz CT molecular complexity index is 1030. The van der Waals surface area contributed by atoms with Gasteiger partial charge in [-0.2, -0.15) is 5.26 Å². The van der Waals surface area contributed by atoms with Crippen molar-refractivity contribution in [2.24, 2.45) is 0 Å². The SMILES string of the molecule is CC#Cc1cnc(N[C@@H]2CC23CCC(=O)N3)c2cc(OC)c(C#N)cc12. The number of pyridine rings is 1. The predicted octanol–water partition coefficient (Wildman–Crippen LogP) is 2.32. The van der Waals surface area contributed by atoms with Gasteiger partial charge < -0.3 is 15.4 Å². The van der Waals surface area contributed by atoms with Crippen LogP contribution in [-0.4, -0.2) is 29.6 Å². The minimum absolute atomic E-state index is 0.112. The molecule has 2 fully saturated rings. The van der Waals surface area contributed by atoms with Gasteiger partial charge in [0.2, 0.25) is 5.91 Å². The van der Waals surface area contributed by atoms with Gasteiger partial charge >= 0.3 is 0 Å². The Labute approximate surface area is 151 Å². The monoisotopic (exact) mass is 346 g/mol. The first-order valence-electron chi connectivity index (χ1n) is 8.51. The molecule has 1 aromatic heterocycles. The van der Waals surface area contributed by atoms with Crippen molar-refractivity contribution in [1.82, 2.24) is 10.3 Å². The fourth-order valence-corrected chi connectivity index (χ4v) is 3.69. The van der Waals surface area contributed by atoms with E-state index in [1.807, 2.05) is 6.07 Å². The lowest BCUT2D eigenvalue weighted by Crippen LogP contribution is -2.33. The van der Waals surface area contributed by atoms with Crippen LogP contribution in [0.25, 0.3) is 10.8 Å². The Morgan fingerprint density at radius 1 is 1.38 bits per heavy atom. The van der Waals surface area contributed by atoms with Crippen molar-refractivity contribution in [3.63, 3.8) is 0 Å². The zero-order valence-corrected chi connectivity index (χ0v) is 14.6. The highest BCUT2D eigenvalue weighted by atomic mass is 16.5. The first-order valence-corrected chi connectivity index (χ1v) is 8.51. The van der Waals surface area contributed by atoms with E-state index in [2.05, 4.69) is 33.5 Å². The molecule has 2 aromatic rings. The number of benzene rings is 1. The highest BCUT2D eigenvalue weighted by molar-refractivity contribution is 5.98. The van der Waals surface area contributed by atoms with Gasteiger partial charge in [0.15, 0.2) is 0 Å². The zero-order chi connectivity index (χ0) is 18.3. The van der Waals surface area contributed by atoms with Crippen LogP contribution in [0.5, 0.6) is 5.75 Å². The number of hydrogen-bond acceptors (Lipinski definition) is 5. The molecule has 0 bridgehead atoms. The lowest BCUT2D eigenvalue weighted by atomic mass is 10.0. The maximum Gasteiger partial charge on any atom is 0.220 e. The lowest BCUT2D eigenvalue weighted by molar-refractivity contribution is -0.119. The van der Waals surface area contributed by atoms with Gasteiger partial charge in [0.05, 0.1) is 29.8 Å². The number of anilines is 1. The molecule has 2 N–H and O–H groups in total. The van der Waals surface area contributed by atoms with Crippen molar-refractivity contribution >= 4 is 22.5 Å². The second-order valence-electron chi connectivity index (χ2n) is 6.71. The number of fused-ring (bicyclic) bond motifs is 1. The average Bonchev–Trinajstić information content (AvgIpc) is 3.17. The van der Waals surface area contributed by atoms with Gasteiger partial charge in [-0.1, -0.05) is 5.92 Å². The number of carbonyl (C=O) groups excluding carboxylic acids is 1. The number of carbonyl (C=O) groups is 1. The molecule has 0 radical (unpaired) electrons. The molecular weight excluding hydrogens is 328 g/mol. The van der Waals surface area contributed by atoms with Crippen molar-refractivity contribution in [2.75, 3.05) is 12.4 Å². The van der Waals surface area contributed by atoms with Crippen LogP contribution in [0.3, 0.4) is 0 Å². The number of aromatic nitrogens is 1. The molecule has 6 nitrogen and oxygen atoms in total. The summed E-state index contributed by atoms with van der Waals surface area (Å²) in [7, 11) is 1.54. The molecule has 1 spiro atoms. The summed E-state index contributed by atoms with van der Waals surface area (Å²) in [6, 6.07) is 5.94. The van der Waals surface area contributed by atoms with E-state index in [1.165, 1.54) is 0 Å². The second-order valence-corrected chi connectivity index (χ2v) is 6.71. The van der Waals surface area contributed by atoms with E-state index in [0.29, 0.717) is 23.6 Å². The average molecular weight is 346 g/mol. The van der Waals surface area contributed by atoms with Crippen LogP contribution < -0.4 is 15.4 Å². The Kier molecular flexibility index (Phi) is 3.70. The molecule has 1 aliphatic carbocycles. The second kappa shape index (κ2) is 5.93. The van der Waals surface area contributed by atoms with Crippen LogP contribution in [-0.2, 0) is 4.79 Å². The molecule has 1 saturated carbocycles. The summed E-state index contributed by atoms with van der Waals surface area (Å²) in [5.74, 6) is 7.26. The number of nitriles is 1. The van der Waals surface area contributed by atoms with Crippen LogP contribution in [0, 0.1) is 23.2 Å². The minimum atomic E-state index is -0.135. The molecule has 130 valence electrons. The summed E-state index contributed by atoms with van der Waals surface area (Å²) >= 11 is 0. The van der Waals surface area contributed by atoms with Gasteiger partial charge in [0.1, 0.15) is 17.6 Å². The van der Waals surface area contributed by atoms with Gasteiger partial charge in [0, 0.05) is 23.4 Å². The molecule has 2 aliphatic rings. The summed E-state index contributed by atoms with van der Waals surface area (Å²) < 4.78 is 5.36. The first kappa shape index (κ1) is 16.2. The molecule has 1 saturated heterocycles. The molecule has 2 atom stereocenters. The third-order valence-electron chi connectivity index (χ3n) is 5.16. The molecule has 2 heterocycles. The topological polar surface area (TPSA) is 87.0 Å². The number of nitrogens with zero attached hydrogens (tertiary/aromatic N) is 2. The van der Waals surface area contributed by atoms with E-state index in [0.717, 1.165) is 29.2 Å². The minimum Gasteiger partial charge on any atom is -0.495 e. The third kappa shape index (κ3) is 2.51. The van der Waals surface area contributed by atoms with Crippen molar-refractivity contribution in [3.8, 4) is 23.7 Å². The molecule has 1 aliphatic heterocycles. The van der Waals surface area contributed by atoms with E-state index in [9.17, 15) is 10.1 Å². The van der Waals surface area contributed by atoms with Crippen molar-refractivity contribution in [3.05, 3.63) is 29.5 Å². The molecule has 6 heteroatoms. The Morgan fingerprint density at radius 3 is 2.88 bits per heavy atom. The third-order valence-corrected chi connectivity index (χ3v) is 5.16. The Balaban J connectivity index is 1.77. The number of nitrogens with one attached hydrogen (secondary N) is 2. The Morgan fingerprint density at radius 2 is 2.23 bits per heavy atom. The summed E-state index contributed by atoms with van der Waals surface area (Å²) in [4.78, 5) is 16.1. The van der Waals surface area contributed by atoms with E-state index >= 15 is 0 Å². The van der Waals surface area contributed by atoms with Crippen molar-refractivity contribution in [2.45, 2.75) is 37.8 Å². The highest BCUT2D eigenvalue weighted by Crippen LogP contribution is 2.46. The quantitative estimate of drug-likeness (QED) is 0.833. The molecule has 4 rings (SSSR count). The number of hydrogen-bond donors (Lipinski definition) is 2. The molecule has 26 heavy (non-hydrogen) atoms. The summed E-state index contributed by atoms with van der Waals surface area (Å²) in [6.07, 6.45) is 4.04. The van der Waals surface area contributed by atoms with Crippen LogP contribution in [0.15, 0.2) is 18.3 Å². The summed E-state index contributed by atoms with van der Waals surface area (Å²) in [5.41, 5.74) is 1.10. The van der Waals surface area contributed by atoms with Gasteiger partial charge in [-0.3, -0.25) is 4.79 Å². The number of amides is 1. The van der Waals surface area contributed by atoms with Gasteiger partial charge in [0.25, 0.3) is 0 Å². The van der Waals surface area contributed by atoms with Gasteiger partial charge in [-0.15, -0.1) is 5.92 Å². The highest BCUT2D eigenvalue weighted by Gasteiger charge is 2.58. The first-order chi connectivity index (χ1) is 12.6. The fraction of sp³-hybridized carbons (Fsp3) is 0.350. The predicted molar refractivity (Wildman–Crippen MR) is 97.7 cm³/mol. The summed E-state index contributed by atoms with van der Waals surface area (Å²) in [6.45, 7) is 1.77. The van der Waals surface area contributed by atoms with Crippen LogP contribution >= 0.6 is 0 Å². The van der Waals surface area contributed by atoms with Crippen molar-refractivity contribution < 1.29 is 9.53 Å². The smallest absolute Gasteiger partial charge is 0.220 e. The van der Waals surface area contributed by atoms with Crippen LogP contribution in [0.4, 0.5) is 5.82 Å². The standard InChI is InChI=1S/C20H18N4O2/c1-3-4-12-11-22-19(23-17-9-20(17)6-5-18(25)24-20)15-8-16(26-2)13(10-21)7-14(12)15/h7-8,11,17H,5-6,9H2,1-2H3,(H,22,23)(H,24,25)/t17-,20?/m1/s1. The van der Waals surface area contributed by atoms with Gasteiger partial charge in [-0.05, 0) is 31.9 Å².